The van der Waals surface area contributed by atoms with Gasteiger partial charge in [0.25, 0.3) is 0 Å². The van der Waals surface area contributed by atoms with E-state index in [2.05, 4.69) is 10.1 Å². The summed E-state index contributed by atoms with van der Waals surface area (Å²) < 4.78 is 5.02. The average molecular weight is 198 g/mol. The Bertz CT molecular complexity index is 271. The van der Waals surface area contributed by atoms with E-state index >= 15 is 0 Å². The van der Waals surface area contributed by atoms with E-state index < -0.39 is 0 Å². The van der Waals surface area contributed by atoms with Crippen LogP contribution in [0, 0.1) is 0 Å². The van der Waals surface area contributed by atoms with E-state index in [1.807, 2.05) is 20.8 Å². The summed E-state index contributed by atoms with van der Waals surface area (Å²) in [7, 11) is 0. The Morgan fingerprint density at radius 1 is 1.43 bits per heavy atom. The van der Waals surface area contributed by atoms with Crippen molar-refractivity contribution < 1.29 is 9.63 Å². The minimum atomic E-state index is -0.361. The summed E-state index contributed by atoms with van der Waals surface area (Å²) in [5.74, 6) is 1.52. The molecule has 14 heavy (non-hydrogen) atoms. The number of aliphatic hydroxyl groups excluding tert-OH is 1. The Labute approximate surface area is 84.3 Å². The molecule has 1 unspecified atom stereocenters. The zero-order valence-electron chi connectivity index (χ0n) is 9.03. The van der Waals surface area contributed by atoms with Gasteiger partial charge in [-0.15, -0.1) is 0 Å². The van der Waals surface area contributed by atoms with Crippen molar-refractivity contribution in [1.82, 2.24) is 10.1 Å². The fourth-order valence-corrected chi connectivity index (χ4v) is 1.22. The molecule has 0 fully saturated rings. The molecule has 0 aliphatic heterocycles. The summed E-state index contributed by atoms with van der Waals surface area (Å²) in [5, 5.41) is 13.4. The van der Waals surface area contributed by atoms with E-state index in [1.54, 1.807) is 0 Å². The highest BCUT2D eigenvalue weighted by Gasteiger charge is 2.12. The average Bonchev–Trinajstić information content (AvgIpc) is 2.53. The maximum atomic E-state index is 9.52. The molecule has 4 nitrogen and oxygen atoms in total. The lowest BCUT2D eigenvalue weighted by molar-refractivity contribution is 0.151. The Balaban J connectivity index is 2.51. The van der Waals surface area contributed by atoms with Crippen LogP contribution >= 0.6 is 0 Å². The molecule has 1 heterocycles. The maximum Gasteiger partial charge on any atom is 0.229 e. The van der Waals surface area contributed by atoms with Crippen LogP contribution in [-0.2, 0) is 6.42 Å². The van der Waals surface area contributed by atoms with Crippen LogP contribution in [0.5, 0.6) is 0 Å². The second kappa shape index (κ2) is 5.10. The van der Waals surface area contributed by atoms with Crippen LogP contribution in [0.2, 0.25) is 0 Å². The fraction of sp³-hybridized carbons (Fsp3) is 0.800. The molecule has 0 aromatic carbocycles. The van der Waals surface area contributed by atoms with E-state index in [9.17, 15) is 5.11 Å². The topological polar surface area (TPSA) is 59.2 Å². The van der Waals surface area contributed by atoms with Crippen molar-refractivity contribution in [3.8, 4) is 0 Å². The van der Waals surface area contributed by atoms with Gasteiger partial charge in [-0.3, -0.25) is 0 Å². The number of rotatable bonds is 5. The van der Waals surface area contributed by atoms with Crippen LogP contribution in [0.3, 0.4) is 0 Å². The van der Waals surface area contributed by atoms with Gasteiger partial charge in [-0.2, -0.15) is 4.98 Å². The van der Waals surface area contributed by atoms with Crippen molar-refractivity contribution in [3.05, 3.63) is 11.7 Å². The van der Waals surface area contributed by atoms with Crippen LogP contribution in [0.15, 0.2) is 4.52 Å². The summed E-state index contributed by atoms with van der Waals surface area (Å²) in [4.78, 5) is 4.19. The summed E-state index contributed by atoms with van der Waals surface area (Å²) in [6, 6.07) is 0. The third kappa shape index (κ3) is 3.10. The minimum Gasteiger partial charge on any atom is -0.393 e. The molecular weight excluding hydrogens is 180 g/mol. The van der Waals surface area contributed by atoms with Gasteiger partial charge < -0.3 is 9.63 Å². The zero-order chi connectivity index (χ0) is 10.6. The quantitative estimate of drug-likeness (QED) is 0.785. The van der Waals surface area contributed by atoms with Gasteiger partial charge in [0.05, 0.1) is 12.5 Å². The first-order valence-electron chi connectivity index (χ1n) is 5.14. The lowest BCUT2D eigenvalue weighted by Crippen LogP contribution is -2.09. The number of aliphatic hydroxyl groups is 1. The molecule has 1 aromatic rings. The van der Waals surface area contributed by atoms with Crippen LogP contribution < -0.4 is 0 Å². The lowest BCUT2D eigenvalue weighted by Gasteiger charge is -2.03. The van der Waals surface area contributed by atoms with E-state index in [4.69, 9.17) is 4.52 Å². The Hall–Kier alpha value is -0.900. The largest absolute Gasteiger partial charge is 0.393 e. The van der Waals surface area contributed by atoms with Crippen molar-refractivity contribution in [2.75, 3.05) is 0 Å². The lowest BCUT2D eigenvalue weighted by atomic mass is 10.1. The molecule has 1 atom stereocenters. The van der Waals surface area contributed by atoms with Crippen molar-refractivity contribution in [2.24, 2.45) is 0 Å². The van der Waals surface area contributed by atoms with Crippen LogP contribution in [0.4, 0.5) is 0 Å². The van der Waals surface area contributed by atoms with Crippen molar-refractivity contribution in [3.63, 3.8) is 0 Å². The zero-order valence-corrected chi connectivity index (χ0v) is 9.03. The van der Waals surface area contributed by atoms with E-state index in [1.165, 1.54) is 0 Å². The molecule has 0 saturated carbocycles. The summed E-state index contributed by atoms with van der Waals surface area (Å²) in [5.41, 5.74) is 0. The molecule has 80 valence electrons. The van der Waals surface area contributed by atoms with Gasteiger partial charge in [-0.05, 0) is 6.42 Å². The number of nitrogens with zero attached hydrogens (tertiary/aromatic N) is 2. The van der Waals surface area contributed by atoms with E-state index in [0.29, 0.717) is 18.1 Å². The molecule has 1 N–H and O–H groups in total. The SMILES string of the molecule is CCCC(O)Cc1nc(C(C)C)no1. The van der Waals surface area contributed by atoms with Crippen molar-refractivity contribution in [1.29, 1.82) is 0 Å². The molecule has 1 rings (SSSR count). The summed E-state index contributed by atoms with van der Waals surface area (Å²) in [6.07, 6.45) is 1.85. The first-order chi connectivity index (χ1) is 6.63. The van der Waals surface area contributed by atoms with Gasteiger partial charge in [0.1, 0.15) is 0 Å². The van der Waals surface area contributed by atoms with Crippen molar-refractivity contribution >= 4 is 0 Å². The predicted molar refractivity (Wildman–Crippen MR) is 53.0 cm³/mol. The Kier molecular flexibility index (Phi) is 4.07. The molecule has 0 aliphatic carbocycles. The van der Waals surface area contributed by atoms with Gasteiger partial charge in [0.15, 0.2) is 5.82 Å². The molecule has 0 radical (unpaired) electrons. The minimum absolute atomic E-state index is 0.274. The van der Waals surface area contributed by atoms with Gasteiger partial charge in [0, 0.05) is 5.92 Å². The highest BCUT2D eigenvalue weighted by Crippen LogP contribution is 2.11. The highest BCUT2D eigenvalue weighted by molar-refractivity contribution is 4.92. The Morgan fingerprint density at radius 2 is 2.14 bits per heavy atom. The van der Waals surface area contributed by atoms with E-state index in [-0.39, 0.29) is 12.0 Å². The molecule has 1 aromatic heterocycles. The van der Waals surface area contributed by atoms with Gasteiger partial charge in [0.2, 0.25) is 5.89 Å². The third-order valence-corrected chi connectivity index (χ3v) is 2.03. The highest BCUT2D eigenvalue weighted by atomic mass is 16.5. The van der Waals surface area contributed by atoms with Crippen molar-refractivity contribution in [2.45, 2.75) is 52.1 Å². The molecular formula is C10H18N2O2. The molecule has 4 heteroatoms. The summed E-state index contributed by atoms with van der Waals surface area (Å²) >= 11 is 0. The van der Waals surface area contributed by atoms with Crippen LogP contribution in [-0.4, -0.2) is 21.4 Å². The first kappa shape index (κ1) is 11.2. The molecule has 0 aliphatic rings. The second-order valence-electron chi connectivity index (χ2n) is 3.85. The molecule has 0 saturated heterocycles. The normalized spacial score (nSPS) is 13.5. The number of hydrogen-bond acceptors (Lipinski definition) is 4. The van der Waals surface area contributed by atoms with Gasteiger partial charge in [-0.25, -0.2) is 0 Å². The fourth-order valence-electron chi connectivity index (χ4n) is 1.22. The standard InChI is InChI=1S/C10H18N2O2/c1-4-5-8(13)6-9-11-10(7(2)3)12-14-9/h7-8,13H,4-6H2,1-3H3. The number of aromatic nitrogens is 2. The number of hydrogen-bond donors (Lipinski definition) is 1. The Morgan fingerprint density at radius 3 is 2.64 bits per heavy atom. The predicted octanol–water partition coefficient (Wildman–Crippen LogP) is 1.90. The smallest absolute Gasteiger partial charge is 0.229 e. The molecule has 0 spiro atoms. The first-order valence-corrected chi connectivity index (χ1v) is 5.14. The van der Waals surface area contributed by atoms with E-state index in [0.717, 1.165) is 12.8 Å². The van der Waals surface area contributed by atoms with Gasteiger partial charge >= 0.3 is 0 Å². The molecule has 0 bridgehead atoms. The maximum absolute atomic E-state index is 9.52. The monoisotopic (exact) mass is 198 g/mol. The summed E-state index contributed by atoms with van der Waals surface area (Å²) in [6.45, 7) is 6.06. The third-order valence-electron chi connectivity index (χ3n) is 2.03. The second-order valence-corrected chi connectivity index (χ2v) is 3.85. The van der Waals surface area contributed by atoms with Crippen LogP contribution in [0.1, 0.15) is 51.2 Å². The van der Waals surface area contributed by atoms with Crippen LogP contribution in [0.25, 0.3) is 0 Å². The van der Waals surface area contributed by atoms with Gasteiger partial charge in [-0.1, -0.05) is 32.3 Å². The molecule has 0 amide bonds.